The number of rotatable bonds is 2. The lowest BCUT2D eigenvalue weighted by molar-refractivity contribution is -0.133. The van der Waals surface area contributed by atoms with Crippen molar-refractivity contribution in [2.24, 2.45) is 5.92 Å². The Balaban J connectivity index is 2.01. The van der Waals surface area contributed by atoms with Gasteiger partial charge >= 0.3 is 0 Å². The second-order valence-corrected chi connectivity index (χ2v) is 5.58. The van der Waals surface area contributed by atoms with Crippen molar-refractivity contribution in [1.29, 1.82) is 0 Å². The molecule has 1 aliphatic rings. The normalized spacial score (nSPS) is 17.2. The molecule has 5 heteroatoms. The van der Waals surface area contributed by atoms with E-state index in [4.69, 9.17) is 11.6 Å². The molecule has 0 radical (unpaired) electrons. The molecular formula is C13H20ClN3O. The number of carbonyl (C=O) groups is 1. The maximum absolute atomic E-state index is 12.2. The lowest BCUT2D eigenvalue weighted by Gasteiger charge is -2.30. The van der Waals surface area contributed by atoms with Crippen molar-refractivity contribution in [2.75, 3.05) is 13.1 Å². The third-order valence-corrected chi connectivity index (χ3v) is 4.26. The van der Waals surface area contributed by atoms with Gasteiger partial charge in [0.25, 0.3) is 0 Å². The Hall–Kier alpha value is -1.03. The highest BCUT2D eigenvalue weighted by atomic mass is 35.5. The Labute approximate surface area is 113 Å². The van der Waals surface area contributed by atoms with Gasteiger partial charge in [-0.1, -0.05) is 18.5 Å². The second-order valence-electron chi connectivity index (χ2n) is 5.21. The Morgan fingerprint density at radius 1 is 1.39 bits per heavy atom. The second kappa shape index (κ2) is 5.31. The van der Waals surface area contributed by atoms with Crippen LogP contribution in [0.3, 0.4) is 0 Å². The summed E-state index contributed by atoms with van der Waals surface area (Å²) in [6.07, 6.45) is 2.20. The first kappa shape index (κ1) is 13.4. The van der Waals surface area contributed by atoms with Crippen LogP contribution in [0.15, 0.2) is 0 Å². The Morgan fingerprint density at radius 2 is 2.00 bits per heavy atom. The molecule has 100 valence electrons. The molecular weight excluding hydrogens is 250 g/mol. The largest absolute Gasteiger partial charge is 0.341 e. The van der Waals surface area contributed by atoms with E-state index in [1.54, 1.807) is 4.68 Å². The maximum atomic E-state index is 12.2. The number of nitrogens with zero attached hydrogens (tertiary/aromatic N) is 3. The van der Waals surface area contributed by atoms with Crippen LogP contribution < -0.4 is 0 Å². The van der Waals surface area contributed by atoms with E-state index in [1.165, 1.54) is 0 Å². The molecule has 4 nitrogen and oxygen atoms in total. The zero-order valence-corrected chi connectivity index (χ0v) is 12.0. The van der Waals surface area contributed by atoms with E-state index in [0.29, 0.717) is 11.6 Å². The first-order valence-electron chi connectivity index (χ1n) is 6.46. The molecule has 1 amide bonds. The van der Waals surface area contributed by atoms with Crippen molar-refractivity contribution in [3.63, 3.8) is 0 Å². The van der Waals surface area contributed by atoms with Gasteiger partial charge in [0.05, 0.1) is 16.4 Å². The van der Waals surface area contributed by atoms with Crippen molar-refractivity contribution in [1.82, 2.24) is 14.7 Å². The van der Waals surface area contributed by atoms with Crippen LogP contribution in [0.4, 0.5) is 0 Å². The van der Waals surface area contributed by atoms with Gasteiger partial charge in [0, 0.05) is 13.1 Å². The predicted molar refractivity (Wildman–Crippen MR) is 71.7 cm³/mol. The molecule has 1 saturated heterocycles. The van der Waals surface area contributed by atoms with Crippen molar-refractivity contribution >= 4 is 17.5 Å². The SMILES string of the molecule is Cc1nn(CC(=O)N2CCC(C)CC2)c(C)c1Cl. The number of halogens is 1. The van der Waals surface area contributed by atoms with Gasteiger partial charge in [0.2, 0.25) is 5.91 Å². The summed E-state index contributed by atoms with van der Waals surface area (Å²) in [7, 11) is 0. The summed E-state index contributed by atoms with van der Waals surface area (Å²) in [5, 5.41) is 4.96. The molecule has 0 aromatic carbocycles. The summed E-state index contributed by atoms with van der Waals surface area (Å²) >= 11 is 6.08. The predicted octanol–water partition coefficient (Wildman–Crippen LogP) is 2.41. The van der Waals surface area contributed by atoms with E-state index in [1.807, 2.05) is 18.7 Å². The van der Waals surface area contributed by atoms with Crippen molar-refractivity contribution in [3.8, 4) is 0 Å². The minimum absolute atomic E-state index is 0.143. The molecule has 0 saturated carbocycles. The fourth-order valence-corrected chi connectivity index (χ4v) is 2.45. The zero-order chi connectivity index (χ0) is 13.3. The summed E-state index contributed by atoms with van der Waals surface area (Å²) in [6.45, 7) is 8.03. The molecule has 1 fully saturated rings. The molecule has 0 aliphatic carbocycles. The lowest BCUT2D eigenvalue weighted by Crippen LogP contribution is -2.40. The van der Waals surface area contributed by atoms with Gasteiger partial charge in [-0.05, 0) is 32.6 Å². The standard InChI is InChI=1S/C13H20ClN3O/c1-9-4-6-16(7-5-9)12(18)8-17-11(3)13(14)10(2)15-17/h9H,4-8H2,1-3H3. The monoisotopic (exact) mass is 269 g/mol. The Kier molecular flexibility index (Phi) is 3.95. The molecule has 0 atom stereocenters. The summed E-state index contributed by atoms with van der Waals surface area (Å²) < 4.78 is 1.71. The number of carbonyl (C=O) groups excluding carboxylic acids is 1. The molecule has 0 N–H and O–H groups in total. The Morgan fingerprint density at radius 3 is 2.50 bits per heavy atom. The third kappa shape index (κ3) is 2.69. The highest BCUT2D eigenvalue weighted by molar-refractivity contribution is 6.31. The van der Waals surface area contributed by atoms with E-state index >= 15 is 0 Å². The van der Waals surface area contributed by atoms with Gasteiger partial charge in [0.15, 0.2) is 0 Å². The third-order valence-electron chi connectivity index (χ3n) is 3.71. The highest BCUT2D eigenvalue weighted by Crippen LogP contribution is 2.20. The topological polar surface area (TPSA) is 38.1 Å². The number of amides is 1. The minimum atomic E-state index is 0.143. The van der Waals surface area contributed by atoms with Crippen molar-refractivity contribution < 1.29 is 4.79 Å². The Bertz CT molecular complexity index is 447. The van der Waals surface area contributed by atoms with Crippen LogP contribution in [-0.4, -0.2) is 33.7 Å². The summed E-state index contributed by atoms with van der Waals surface area (Å²) in [4.78, 5) is 14.1. The van der Waals surface area contributed by atoms with Crippen LogP contribution in [0.5, 0.6) is 0 Å². The number of likely N-dealkylation sites (tertiary alicyclic amines) is 1. The van der Waals surface area contributed by atoms with Crippen LogP contribution in [0.2, 0.25) is 5.02 Å². The summed E-state index contributed by atoms with van der Waals surface area (Å²) in [5.74, 6) is 0.876. The van der Waals surface area contributed by atoms with E-state index < -0.39 is 0 Å². The molecule has 1 aromatic rings. The fourth-order valence-electron chi connectivity index (χ4n) is 2.32. The lowest BCUT2D eigenvalue weighted by atomic mass is 9.99. The molecule has 1 aliphatic heterocycles. The smallest absolute Gasteiger partial charge is 0.244 e. The number of hydrogen-bond acceptors (Lipinski definition) is 2. The van der Waals surface area contributed by atoms with Gasteiger partial charge in [-0.2, -0.15) is 5.10 Å². The van der Waals surface area contributed by atoms with Crippen molar-refractivity contribution in [3.05, 3.63) is 16.4 Å². The zero-order valence-electron chi connectivity index (χ0n) is 11.2. The van der Waals surface area contributed by atoms with Gasteiger partial charge < -0.3 is 4.90 Å². The molecule has 1 aromatic heterocycles. The van der Waals surface area contributed by atoms with E-state index in [-0.39, 0.29) is 5.91 Å². The van der Waals surface area contributed by atoms with E-state index in [2.05, 4.69) is 12.0 Å². The number of aryl methyl sites for hydroxylation is 1. The molecule has 18 heavy (non-hydrogen) atoms. The van der Waals surface area contributed by atoms with Crippen LogP contribution in [0.1, 0.15) is 31.2 Å². The van der Waals surface area contributed by atoms with E-state index in [0.717, 1.165) is 43.2 Å². The maximum Gasteiger partial charge on any atom is 0.244 e. The number of hydrogen-bond donors (Lipinski definition) is 0. The van der Waals surface area contributed by atoms with Crippen LogP contribution in [0.25, 0.3) is 0 Å². The fraction of sp³-hybridized carbons (Fsp3) is 0.692. The highest BCUT2D eigenvalue weighted by Gasteiger charge is 2.21. The van der Waals surface area contributed by atoms with Crippen LogP contribution >= 0.6 is 11.6 Å². The molecule has 0 spiro atoms. The van der Waals surface area contributed by atoms with Crippen LogP contribution in [0, 0.1) is 19.8 Å². The number of piperidine rings is 1. The van der Waals surface area contributed by atoms with Crippen LogP contribution in [-0.2, 0) is 11.3 Å². The molecule has 0 unspecified atom stereocenters. The minimum Gasteiger partial charge on any atom is -0.341 e. The average Bonchev–Trinajstić information content (AvgIpc) is 2.58. The van der Waals surface area contributed by atoms with Gasteiger partial charge in [0.1, 0.15) is 6.54 Å². The quantitative estimate of drug-likeness (QED) is 0.827. The summed E-state index contributed by atoms with van der Waals surface area (Å²) in [6, 6.07) is 0. The van der Waals surface area contributed by atoms with Gasteiger partial charge in [-0.25, -0.2) is 0 Å². The molecule has 2 heterocycles. The molecule has 2 rings (SSSR count). The molecule has 0 bridgehead atoms. The number of aromatic nitrogens is 2. The van der Waals surface area contributed by atoms with Gasteiger partial charge in [-0.3, -0.25) is 9.48 Å². The summed E-state index contributed by atoms with van der Waals surface area (Å²) in [5.41, 5.74) is 1.65. The van der Waals surface area contributed by atoms with Crippen molar-refractivity contribution in [2.45, 2.75) is 40.2 Å². The average molecular weight is 270 g/mol. The van der Waals surface area contributed by atoms with E-state index in [9.17, 15) is 4.79 Å². The first-order chi connectivity index (χ1) is 8.49. The first-order valence-corrected chi connectivity index (χ1v) is 6.84. The van der Waals surface area contributed by atoms with Gasteiger partial charge in [-0.15, -0.1) is 0 Å².